The number of ketones is 1. The van der Waals surface area contributed by atoms with Gasteiger partial charge in [0.1, 0.15) is 5.92 Å². The van der Waals surface area contributed by atoms with E-state index in [-0.39, 0.29) is 5.78 Å². The van der Waals surface area contributed by atoms with Crippen LogP contribution in [-0.2, 0) is 4.79 Å². The van der Waals surface area contributed by atoms with E-state index in [9.17, 15) is 14.7 Å². The van der Waals surface area contributed by atoms with Crippen molar-refractivity contribution in [2.24, 2.45) is 0 Å². The van der Waals surface area contributed by atoms with Crippen LogP contribution >= 0.6 is 11.3 Å². The molecule has 2 rings (SSSR count). The highest BCUT2D eigenvalue weighted by Crippen LogP contribution is 2.31. The molecule has 0 aliphatic heterocycles. The number of carbonyl (C=O) groups is 2. The highest BCUT2D eigenvalue weighted by atomic mass is 32.1. The van der Waals surface area contributed by atoms with Gasteiger partial charge in [0, 0.05) is 11.3 Å². The normalized spacial score (nSPS) is 12.1. The molecule has 1 atom stereocenters. The van der Waals surface area contributed by atoms with E-state index in [0.717, 1.165) is 5.56 Å². The summed E-state index contributed by atoms with van der Waals surface area (Å²) in [5, 5.41) is 9.41. The number of hydrogen-bond donors (Lipinski definition) is 1. The molecule has 0 amide bonds. The number of carboxylic acid groups (broad SMARTS) is 1. The number of thiophene rings is 1. The molecule has 1 N–H and O–H groups in total. The molecule has 0 spiro atoms. The minimum atomic E-state index is -0.899. The first-order valence-corrected chi connectivity index (χ1v) is 6.85. The van der Waals surface area contributed by atoms with Crippen LogP contribution in [0.1, 0.15) is 39.4 Å². The largest absolute Gasteiger partial charge is 0.481 e. The lowest BCUT2D eigenvalue weighted by Gasteiger charge is -2.10. The van der Waals surface area contributed by atoms with Crippen LogP contribution in [0.4, 0.5) is 0 Å². The first-order chi connectivity index (χ1) is 9.13. The third-order valence-electron chi connectivity index (χ3n) is 2.89. The molecule has 0 bridgehead atoms. The van der Waals surface area contributed by atoms with Gasteiger partial charge in [-0.1, -0.05) is 37.3 Å². The number of aliphatic carboxylic acids is 1. The van der Waals surface area contributed by atoms with E-state index in [1.165, 1.54) is 11.3 Å². The molecule has 3 nitrogen and oxygen atoms in total. The van der Waals surface area contributed by atoms with Gasteiger partial charge in [-0.2, -0.15) is 0 Å². The average Bonchev–Trinajstić information content (AvgIpc) is 2.88. The minimum Gasteiger partial charge on any atom is -0.481 e. The Morgan fingerprint density at radius 3 is 2.42 bits per heavy atom. The van der Waals surface area contributed by atoms with E-state index in [1.54, 1.807) is 31.2 Å². The Hall–Kier alpha value is -1.94. The second-order valence-corrected chi connectivity index (χ2v) is 5.28. The number of carbonyl (C=O) groups excluding carboxylic acids is 1. The maximum absolute atomic E-state index is 11.6. The van der Waals surface area contributed by atoms with Crippen molar-refractivity contribution in [1.29, 1.82) is 0 Å². The molecule has 0 radical (unpaired) electrons. The van der Waals surface area contributed by atoms with Crippen molar-refractivity contribution in [3.05, 3.63) is 57.8 Å². The van der Waals surface area contributed by atoms with Crippen LogP contribution in [0.3, 0.4) is 0 Å². The summed E-state index contributed by atoms with van der Waals surface area (Å²) in [6, 6.07) is 12.5. The molecule has 1 aromatic carbocycles. The molecule has 0 aliphatic carbocycles. The second-order valence-electron chi connectivity index (χ2n) is 4.16. The first-order valence-electron chi connectivity index (χ1n) is 6.04. The molecule has 98 valence electrons. The van der Waals surface area contributed by atoms with E-state index in [4.69, 9.17) is 0 Å². The molecule has 0 aliphatic rings. The molecule has 0 saturated carbocycles. The Bertz CT molecular complexity index is 586. The minimum absolute atomic E-state index is 0.0495. The van der Waals surface area contributed by atoms with Crippen LogP contribution in [0, 0.1) is 0 Å². The molecule has 1 heterocycles. The Labute approximate surface area is 115 Å². The van der Waals surface area contributed by atoms with Crippen molar-refractivity contribution in [2.45, 2.75) is 19.3 Å². The Morgan fingerprint density at radius 1 is 1.16 bits per heavy atom. The van der Waals surface area contributed by atoms with Gasteiger partial charge in [0.25, 0.3) is 0 Å². The first kappa shape index (κ1) is 13.5. The fourth-order valence-electron chi connectivity index (χ4n) is 1.91. The molecule has 0 saturated heterocycles. The van der Waals surface area contributed by atoms with Crippen molar-refractivity contribution in [3.63, 3.8) is 0 Å². The number of carboxylic acids is 1. The van der Waals surface area contributed by atoms with Crippen molar-refractivity contribution < 1.29 is 14.7 Å². The van der Waals surface area contributed by atoms with Crippen LogP contribution in [0.5, 0.6) is 0 Å². The Kier molecular flexibility index (Phi) is 4.12. The average molecular weight is 274 g/mol. The smallest absolute Gasteiger partial charge is 0.316 e. The molecule has 0 fully saturated rings. The van der Waals surface area contributed by atoms with E-state index in [2.05, 4.69) is 0 Å². The van der Waals surface area contributed by atoms with Gasteiger partial charge in [0.2, 0.25) is 0 Å². The van der Waals surface area contributed by atoms with Gasteiger partial charge in [-0.25, -0.2) is 0 Å². The van der Waals surface area contributed by atoms with Gasteiger partial charge in [-0.15, -0.1) is 11.3 Å². The number of benzene rings is 1. The summed E-state index contributed by atoms with van der Waals surface area (Å²) in [5.74, 6) is -1.55. The standard InChI is InChI=1S/C15H14O3S/c1-2-11(16)12-8-9-13(19-12)14(15(17)18)10-6-4-3-5-7-10/h3-9,14H,2H2,1H3,(H,17,18). The van der Waals surface area contributed by atoms with Crippen LogP contribution in [-0.4, -0.2) is 16.9 Å². The predicted octanol–water partition coefficient (Wildman–Crippen LogP) is 3.56. The van der Waals surface area contributed by atoms with E-state index in [0.29, 0.717) is 16.2 Å². The van der Waals surface area contributed by atoms with E-state index in [1.807, 2.05) is 18.2 Å². The summed E-state index contributed by atoms with van der Waals surface area (Å²) in [7, 11) is 0. The Morgan fingerprint density at radius 2 is 1.84 bits per heavy atom. The molecule has 19 heavy (non-hydrogen) atoms. The number of Topliss-reactive ketones (excluding diaryl/α,β-unsaturated/α-hetero) is 1. The SMILES string of the molecule is CCC(=O)c1ccc(C(C(=O)O)c2ccccc2)s1. The maximum atomic E-state index is 11.6. The molecule has 2 aromatic rings. The lowest BCUT2D eigenvalue weighted by atomic mass is 9.98. The highest BCUT2D eigenvalue weighted by molar-refractivity contribution is 7.14. The maximum Gasteiger partial charge on any atom is 0.316 e. The highest BCUT2D eigenvalue weighted by Gasteiger charge is 2.24. The van der Waals surface area contributed by atoms with Crippen molar-refractivity contribution in [2.75, 3.05) is 0 Å². The molecule has 1 aromatic heterocycles. The van der Waals surface area contributed by atoms with Crippen LogP contribution in [0.25, 0.3) is 0 Å². The second kappa shape index (κ2) is 5.80. The molecular weight excluding hydrogens is 260 g/mol. The molecular formula is C15H14O3S. The quantitative estimate of drug-likeness (QED) is 0.848. The summed E-state index contributed by atoms with van der Waals surface area (Å²) >= 11 is 1.27. The van der Waals surface area contributed by atoms with Gasteiger partial charge in [0.15, 0.2) is 5.78 Å². The lowest BCUT2D eigenvalue weighted by molar-refractivity contribution is -0.137. The topological polar surface area (TPSA) is 54.4 Å². The van der Waals surface area contributed by atoms with Crippen LogP contribution < -0.4 is 0 Å². The van der Waals surface area contributed by atoms with Crippen molar-refractivity contribution in [1.82, 2.24) is 0 Å². The van der Waals surface area contributed by atoms with Crippen molar-refractivity contribution in [3.8, 4) is 0 Å². The summed E-state index contributed by atoms with van der Waals surface area (Å²) in [4.78, 5) is 24.4. The van der Waals surface area contributed by atoms with Gasteiger partial charge in [0.05, 0.1) is 4.88 Å². The molecule has 4 heteroatoms. The summed E-state index contributed by atoms with van der Waals surface area (Å²) in [5.41, 5.74) is 0.729. The zero-order valence-electron chi connectivity index (χ0n) is 10.5. The van der Waals surface area contributed by atoms with Gasteiger partial charge in [-0.05, 0) is 17.7 Å². The van der Waals surface area contributed by atoms with E-state index < -0.39 is 11.9 Å². The molecule has 1 unspecified atom stereocenters. The Balaban J connectivity index is 2.38. The zero-order chi connectivity index (χ0) is 13.8. The van der Waals surface area contributed by atoms with Gasteiger partial charge < -0.3 is 5.11 Å². The van der Waals surface area contributed by atoms with Crippen LogP contribution in [0.2, 0.25) is 0 Å². The summed E-state index contributed by atoms with van der Waals surface area (Å²) in [6.45, 7) is 1.80. The van der Waals surface area contributed by atoms with Gasteiger partial charge >= 0.3 is 5.97 Å². The monoisotopic (exact) mass is 274 g/mol. The summed E-state index contributed by atoms with van der Waals surface area (Å²) < 4.78 is 0. The van der Waals surface area contributed by atoms with Crippen LogP contribution in [0.15, 0.2) is 42.5 Å². The lowest BCUT2D eigenvalue weighted by Crippen LogP contribution is -2.11. The fourth-order valence-corrected chi connectivity index (χ4v) is 3.05. The van der Waals surface area contributed by atoms with E-state index >= 15 is 0 Å². The fraction of sp³-hybridized carbons (Fsp3) is 0.200. The number of rotatable bonds is 5. The third kappa shape index (κ3) is 2.90. The zero-order valence-corrected chi connectivity index (χ0v) is 11.3. The summed E-state index contributed by atoms with van der Waals surface area (Å²) in [6.07, 6.45) is 0.434. The van der Waals surface area contributed by atoms with Crippen molar-refractivity contribution >= 4 is 23.1 Å². The number of hydrogen-bond acceptors (Lipinski definition) is 3. The van der Waals surface area contributed by atoms with Gasteiger partial charge in [-0.3, -0.25) is 9.59 Å². The third-order valence-corrected chi connectivity index (χ3v) is 4.08. The predicted molar refractivity (Wildman–Crippen MR) is 74.9 cm³/mol.